The molecule has 1 spiro atoms. The molecule has 0 aliphatic carbocycles. The summed E-state index contributed by atoms with van der Waals surface area (Å²) in [5.41, 5.74) is 3.56. The Balaban J connectivity index is 1.28. The number of carbonyl (C=O) groups is 1. The molecule has 0 atom stereocenters. The highest BCUT2D eigenvalue weighted by Gasteiger charge is 2.40. The van der Waals surface area contributed by atoms with Crippen molar-refractivity contribution < 1.29 is 9.53 Å². The van der Waals surface area contributed by atoms with Crippen LogP contribution in [0.25, 0.3) is 0 Å². The van der Waals surface area contributed by atoms with E-state index >= 15 is 0 Å². The second-order valence-electron chi connectivity index (χ2n) is 8.65. The van der Waals surface area contributed by atoms with E-state index < -0.39 is 5.66 Å². The van der Waals surface area contributed by atoms with Crippen LogP contribution in [0.1, 0.15) is 24.0 Å². The quantitative estimate of drug-likeness (QED) is 0.494. The Labute approximate surface area is 210 Å². The van der Waals surface area contributed by atoms with Crippen LogP contribution in [-0.2, 0) is 5.75 Å². The fourth-order valence-electron chi connectivity index (χ4n) is 4.30. The van der Waals surface area contributed by atoms with Gasteiger partial charge in [-0.2, -0.15) is 0 Å². The standard InChI is InChI=1S/C28H28N4O2S/c1-34-24-14-12-23(13-15-24)29-27(33)32-18-16-28(17-19-32)30-25(22-10-6-3-7-11-22)26(31-28)35-20-21-8-4-2-5-9-21/h2-15H,16-20H2,1H3,(H,29,33). The number of thioether (sulfide) groups is 1. The van der Waals surface area contributed by atoms with Crippen LogP contribution in [0, 0.1) is 0 Å². The molecule has 2 amide bonds. The summed E-state index contributed by atoms with van der Waals surface area (Å²) in [7, 11) is 1.62. The van der Waals surface area contributed by atoms with E-state index in [4.69, 9.17) is 14.7 Å². The first-order valence-corrected chi connectivity index (χ1v) is 12.7. The second kappa shape index (κ2) is 10.4. The molecule has 7 heteroatoms. The van der Waals surface area contributed by atoms with Crippen molar-refractivity contribution in [1.29, 1.82) is 0 Å². The van der Waals surface area contributed by atoms with E-state index in [1.165, 1.54) is 5.56 Å². The van der Waals surface area contributed by atoms with Crippen LogP contribution in [0.5, 0.6) is 5.75 Å². The summed E-state index contributed by atoms with van der Waals surface area (Å²) < 4.78 is 5.19. The van der Waals surface area contributed by atoms with Crippen molar-refractivity contribution in [2.24, 2.45) is 9.98 Å². The van der Waals surface area contributed by atoms with Gasteiger partial charge in [0.15, 0.2) is 5.66 Å². The fraction of sp³-hybridized carbons (Fsp3) is 0.250. The molecular formula is C28H28N4O2S. The third kappa shape index (κ3) is 5.41. The van der Waals surface area contributed by atoms with Gasteiger partial charge in [0.25, 0.3) is 0 Å². The number of methoxy groups -OCH3 is 1. The van der Waals surface area contributed by atoms with Crippen molar-refractivity contribution in [1.82, 2.24) is 4.90 Å². The van der Waals surface area contributed by atoms with Gasteiger partial charge in [0.05, 0.1) is 12.8 Å². The van der Waals surface area contributed by atoms with Crippen molar-refractivity contribution in [3.8, 4) is 5.75 Å². The van der Waals surface area contributed by atoms with Gasteiger partial charge in [0.1, 0.15) is 10.8 Å². The minimum absolute atomic E-state index is 0.0991. The van der Waals surface area contributed by atoms with E-state index in [0.717, 1.165) is 33.5 Å². The molecule has 2 heterocycles. The highest BCUT2D eigenvalue weighted by Crippen LogP contribution is 2.36. The number of likely N-dealkylation sites (tertiary alicyclic amines) is 1. The predicted molar refractivity (Wildman–Crippen MR) is 144 cm³/mol. The molecule has 2 aliphatic rings. The van der Waals surface area contributed by atoms with Crippen LogP contribution in [-0.4, -0.2) is 47.5 Å². The third-order valence-corrected chi connectivity index (χ3v) is 7.33. The van der Waals surface area contributed by atoms with Crippen molar-refractivity contribution in [3.05, 3.63) is 96.1 Å². The van der Waals surface area contributed by atoms with Gasteiger partial charge in [-0.3, -0.25) is 4.99 Å². The summed E-state index contributed by atoms with van der Waals surface area (Å²) in [6.07, 6.45) is 1.41. The van der Waals surface area contributed by atoms with Crippen LogP contribution >= 0.6 is 11.8 Å². The molecule has 3 aromatic carbocycles. The lowest BCUT2D eigenvalue weighted by atomic mass is 9.98. The molecule has 1 fully saturated rings. The first-order chi connectivity index (χ1) is 17.1. The molecule has 3 aromatic rings. The van der Waals surface area contributed by atoms with Gasteiger partial charge in [0.2, 0.25) is 0 Å². The topological polar surface area (TPSA) is 66.3 Å². The Morgan fingerprint density at radius 2 is 1.60 bits per heavy atom. The van der Waals surface area contributed by atoms with Crippen LogP contribution < -0.4 is 10.1 Å². The average molecular weight is 485 g/mol. The Kier molecular flexibility index (Phi) is 6.86. The molecule has 0 unspecified atom stereocenters. The maximum Gasteiger partial charge on any atom is 0.321 e. The number of nitrogens with zero attached hydrogens (tertiary/aromatic N) is 3. The average Bonchev–Trinajstić information content (AvgIpc) is 3.27. The summed E-state index contributed by atoms with van der Waals surface area (Å²) in [6.45, 7) is 1.21. The summed E-state index contributed by atoms with van der Waals surface area (Å²) >= 11 is 1.74. The number of ether oxygens (including phenoxy) is 1. The Morgan fingerprint density at radius 3 is 2.26 bits per heavy atom. The Morgan fingerprint density at radius 1 is 0.943 bits per heavy atom. The minimum Gasteiger partial charge on any atom is -0.497 e. The van der Waals surface area contributed by atoms with Crippen molar-refractivity contribution in [2.75, 3.05) is 25.5 Å². The smallest absolute Gasteiger partial charge is 0.321 e. The van der Waals surface area contributed by atoms with Gasteiger partial charge < -0.3 is 15.0 Å². The highest BCUT2D eigenvalue weighted by atomic mass is 32.2. The monoisotopic (exact) mass is 484 g/mol. The zero-order valence-corrected chi connectivity index (χ0v) is 20.5. The van der Waals surface area contributed by atoms with Crippen LogP contribution in [0.4, 0.5) is 10.5 Å². The molecule has 1 saturated heterocycles. The number of urea groups is 1. The summed E-state index contributed by atoms with van der Waals surface area (Å²) in [6, 6.07) is 28.0. The van der Waals surface area contributed by atoms with Crippen LogP contribution in [0.2, 0.25) is 0 Å². The number of nitrogens with one attached hydrogen (secondary N) is 1. The molecule has 178 valence electrons. The maximum absolute atomic E-state index is 12.8. The van der Waals surface area contributed by atoms with E-state index in [9.17, 15) is 4.79 Å². The first kappa shape index (κ1) is 23.2. The van der Waals surface area contributed by atoms with Gasteiger partial charge in [-0.15, -0.1) is 0 Å². The number of anilines is 1. The highest BCUT2D eigenvalue weighted by molar-refractivity contribution is 8.15. The van der Waals surface area contributed by atoms with E-state index in [2.05, 4.69) is 41.7 Å². The molecule has 35 heavy (non-hydrogen) atoms. The first-order valence-electron chi connectivity index (χ1n) is 11.8. The molecule has 0 radical (unpaired) electrons. The van der Waals surface area contributed by atoms with E-state index in [-0.39, 0.29) is 6.03 Å². The Bertz CT molecular complexity index is 1220. The number of amides is 2. The van der Waals surface area contributed by atoms with Gasteiger partial charge in [0, 0.05) is 42.9 Å². The predicted octanol–water partition coefficient (Wildman–Crippen LogP) is 5.85. The normalized spacial score (nSPS) is 16.5. The van der Waals surface area contributed by atoms with Crippen LogP contribution in [0.15, 0.2) is 94.9 Å². The Hall–Kier alpha value is -3.58. The van der Waals surface area contributed by atoms with Crippen molar-refractivity contribution >= 4 is 34.2 Å². The number of rotatable bonds is 5. The summed E-state index contributed by atoms with van der Waals surface area (Å²) in [5.74, 6) is 1.60. The van der Waals surface area contributed by atoms with Gasteiger partial charge in [-0.25, -0.2) is 9.79 Å². The third-order valence-electron chi connectivity index (χ3n) is 6.29. The molecule has 0 bridgehead atoms. The maximum atomic E-state index is 12.8. The summed E-state index contributed by atoms with van der Waals surface area (Å²) in [5, 5.41) is 3.96. The van der Waals surface area contributed by atoms with Gasteiger partial charge >= 0.3 is 6.03 Å². The zero-order chi connectivity index (χ0) is 24.1. The number of hydrogen-bond acceptors (Lipinski definition) is 5. The van der Waals surface area contributed by atoms with E-state index in [0.29, 0.717) is 25.9 Å². The molecular weight excluding hydrogens is 456 g/mol. The second-order valence-corrected chi connectivity index (χ2v) is 9.61. The molecule has 0 aromatic heterocycles. The lowest BCUT2D eigenvalue weighted by Crippen LogP contribution is -2.46. The molecule has 6 nitrogen and oxygen atoms in total. The van der Waals surface area contributed by atoms with E-state index in [1.54, 1.807) is 18.9 Å². The molecule has 0 saturated carbocycles. The molecule has 2 aliphatic heterocycles. The van der Waals surface area contributed by atoms with Gasteiger partial charge in [-0.1, -0.05) is 72.4 Å². The number of aliphatic imine (C=N–C) groups is 2. The number of benzene rings is 3. The van der Waals surface area contributed by atoms with Crippen molar-refractivity contribution in [2.45, 2.75) is 24.3 Å². The minimum atomic E-state index is -0.499. The number of carbonyl (C=O) groups excluding carboxylic acids is 1. The largest absolute Gasteiger partial charge is 0.497 e. The molecule has 1 N–H and O–H groups in total. The van der Waals surface area contributed by atoms with Gasteiger partial charge in [-0.05, 0) is 29.8 Å². The number of piperidine rings is 1. The lowest BCUT2D eigenvalue weighted by Gasteiger charge is -2.35. The molecule has 5 rings (SSSR count). The van der Waals surface area contributed by atoms with Crippen LogP contribution in [0.3, 0.4) is 0 Å². The SMILES string of the molecule is COc1ccc(NC(=O)N2CCC3(CC2)N=C(SCc2ccccc2)C(c2ccccc2)=N3)cc1. The zero-order valence-electron chi connectivity index (χ0n) is 19.7. The lowest BCUT2D eigenvalue weighted by molar-refractivity contribution is 0.175. The van der Waals surface area contributed by atoms with Crippen molar-refractivity contribution in [3.63, 3.8) is 0 Å². The number of hydrogen-bond donors (Lipinski definition) is 1. The summed E-state index contributed by atoms with van der Waals surface area (Å²) in [4.78, 5) is 25.0. The van der Waals surface area contributed by atoms with E-state index in [1.807, 2.05) is 53.4 Å². The fourth-order valence-corrected chi connectivity index (χ4v) is 5.33.